The second-order valence-electron chi connectivity index (χ2n) is 19.8. The average Bonchev–Trinajstić information content (AvgIpc) is 3.38. The molecule has 0 saturated carbocycles. The Morgan fingerprint density at radius 3 is 1.13 bits per heavy atom. The van der Waals surface area contributed by atoms with Gasteiger partial charge in [0.15, 0.2) is 37.7 Å². The minimum absolute atomic E-state index is 0.714. The van der Waals surface area contributed by atoms with Crippen molar-refractivity contribution in [3.8, 4) is 0 Å². The Labute approximate surface area is 444 Å². The van der Waals surface area contributed by atoms with E-state index in [9.17, 15) is 90.7 Å². The molecule has 6 aliphatic heterocycles. The minimum Gasteiger partial charge on any atom is -0.394 e. The summed E-state index contributed by atoms with van der Waals surface area (Å²) < 4.78 is 64.6. The second-order valence-corrected chi connectivity index (χ2v) is 19.8. The van der Waals surface area contributed by atoms with Gasteiger partial charge in [0.05, 0.1) is 45.2 Å². The molecule has 34 nitrogen and oxygen atoms in total. The molecule has 20 N–H and O–H groups in total. The standard InChI is InChI=1S/C44H75N5O29/c1-11-26(58)33(65)34(66)44(69-11)68-10-20-38(29(61)22(39(67)70-20)46-12(2)54)78-43-25(49-15(5)57)32(64)37(19(9-53)74-43)77-42-24(48-14(4)56)31(63)36(18(8-52)73-42)76-41-23(47-13(3)55)30(62)35(17(7-51)72-41)75-40-21(45)28(60)27(59)16(6-50)71-40/h11,16-44,50-53,58-67H,6-10,45H2,1-5H3,(H,46,54)(H,47,55)(H,48,56)(H,49,57). The van der Waals surface area contributed by atoms with Crippen LogP contribution in [-0.2, 0) is 71.3 Å². The van der Waals surface area contributed by atoms with Crippen LogP contribution in [-0.4, -0.2) is 312 Å². The molecule has 0 aliphatic carbocycles. The van der Waals surface area contributed by atoms with E-state index in [-0.39, 0.29) is 0 Å². The van der Waals surface area contributed by atoms with Gasteiger partial charge in [0.2, 0.25) is 23.6 Å². The summed E-state index contributed by atoms with van der Waals surface area (Å²) in [5, 5.41) is 161. The molecule has 6 saturated heterocycles. The fourth-order valence-corrected chi connectivity index (χ4v) is 10.0. The third-order valence-corrected chi connectivity index (χ3v) is 14.1. The van der Waals surface area contributed by atoms with Gasteiger partial charge in [-0.1, -0.05) is 0 Å². The van der Waals surface area contributed by atoms with Gasteiger partial charge in [0, 0.05) is 27.7 Å². The summed E-state index contributed by atoms with van der Waals surface area (Å²) in [4.78, 5) is 50.2. The van der Waals surface area contributed by atoms with Crippen LogP contribution in [0.25, 0.3) is 0 Å². The van der Waals surface area contributed by atoms with Crippen LogP contribution in [0.15, 0.2) is 0 Å². The van der Waals surface area contributed by atoms with E-state index < -0.39 is 241 Å². The van der Waals surface area contributed by atoms with Crippen molar-refractivity contribution < 1.29 is 143 Å². The first kappa shape index (κ1) is 64.0. The smallest absolute Gasteiger partial charge is 0.217 e. The quantitative estimate of drug-likeness (QED) is 0.0571. The topological polar surface area (TPSA) is 527 Å². The number of nitrogens with two attached hydrogens (primary N) is 1. The Morgan fingerprint density at radius 2 is 0.744 bits per heavy atom. The van der Waals surface area contributed by atoms with Crippen LogP contribution < -0.4 is 27.0 Å². The lowest BCUT2D eigenvalue weighted by molar-refractivity contribution is -0.368. The molecule has 450 valence electrons. The fraction of sp³-hybridized carbons (Fsp3) is 0.909. The third-order valence-electron chi connectivity index (χ3n) is 14.1. The normalized spacial score (nSPS) is 47.1. The molecule has 0 aromatic rings. The predicted molar refractivity (Wildman–Crippen MR) is 246 cm³/mol. The molecule has 0 aromatic heterocycles. The third kappa shape index (κ3) is 14.4. The summed E-state index contributed by atoms with van der Waals surface area (Å²) in [6.07, 6.45) is -43.2. The van der Waals surface area contributed by atoms with Crippen LogP contribution in [0, 0.1) is 0 Å². The summed E-state index contributed by atoms with van der Waals surface area (Å²) in [6.45, 7) is 1.07. The largest absolute Gasteiger partial charge is 0.394 e. The van der Waals surface area contributed by atoms with Gasteiger partial charge in [-0.2, -0.15) is 0 Å². The average molecular weight is 1140 g/mol. The lowest BCUT2D eigenvalue weighted by Gasteiger charge is -2.51. The molecule has 0 radical (unpaired) electrons. The van der Waals surface area contributed by atoms with Gasteiger partial charge in [-0.15, -0.1) is 0 Å². The van der Waals surface area contributed by atoms with Gasteiger partial charge in [0.1, 0.15) is 134 Å². The van der Waals surface area contributed by atoms with E-state index in [0.29, 0.717) is 0 Å². The molecule has 6 heterocycles. The van der Waals surface area contributed by atoms with Crippen molar-refractivity contribution in [2.75, 3.05) is 33.0 Å². The molecule has 0 spiro atoms. The van der Waals surface area contributed by atoms with Crippen molar-refractivity contribution in [1.82, 2.24) is 21.3 Å². The van der Waals surface area contributed by atoms with Crippen molar-refractivity contribution in [1.29, 1.82) is 0 Å². The van der Waals surface area contributed by atoms with E-state index in [2.05, 4.69) is 21.3 Å². The highest BCUT2D eigenvalue weighted by atomic mass is 16.8. The van der Waals surface area contributed by atoms with Gasteiger partial charge < -0.3 is 151 Å². The summed E-state index contributed by atoms with van der Waals surface area (Å²) in [5.41, 5.74) is 6.03. The highest BCUT2D eigenvalue weighted by Crippen LogP contribution is 2.36. The zero-order chi connectivity index (χ0) is 57.8. The number of carbonyl (C=O) groups is 4. The minimum atomic E-state index is -2.03. The van der Waals surface area contributed by atoms with E-state index in [1.165, 1.54) is 6.92 Å². The Balaban J connectivity index is 1.23. The maximum absolute atomic E-state index is 12.8. The van der Waals surface area contributed by atoms with Crippen molar-refractivity contribution in [2.24, 2.45) is 5.73 Å². The van der Waals surface area contributed by atoms with Gasteiger partial charge in [0.25, 0.3) is 0 Å². The van der Waals surface area contributed by atoms with E-state index in [4.69, 9.17) is 57.8 Å². The van der Waals surface area contributed by atoms with Gasteiger partial charge in [-0.25, -0.2) is 0 Å². The van der Waals surface area contributed by atoms with Crippen LogP contribution in [0.5, 0.6) is 0 Å². The summed E-state index contributed by atoms with van der Waals surface area (Å²) >= 11 is 0. The second kappa shape index (κ2) is 27.7. The molecule has 4 amide bonds. The summed E-state index contributed by atoms with van der Waals surface area (Å²) in [6, 6.07) is -8.23. The number of hydrogen-bond donors (Lipinski definition) is 19. The van der Waals surface area contributed by atoms with Crippen LogP contribution in [0.3, 0.4) is 0 Å². The van der Waals surface area contributed by atoms with Crippen LogP contribution in [0.4, 0.5) is 0 Å². The molecule has 6 fully saturated rings. The Kier molecular flexibility index (Phi) is 22.8. The first-order valence-corrected chi connectivity index (χ1v) is 25.0. The highest BCUT2D eigenvalue weighted by Gasteiger charge is 2.58. The van der Waals surface area contributed by atoms with E-state index in [0.717, 1.165) is 27.7 Å². The predicted octanol–water partition coefficient (Wildman–Crippen LogP) is -12.5. The van der Waals surface area contributed by atoms with E-state index >= 15 is 0 Å². The molecule has 34 heteroatoms. The lowest BCUT2D eigenvalue weighted by atomic mass is 9.93. The van der Waals surface area contributed by atoms with Gasteiger partial charge in [-0.05, 0) is 6.92 Å². The van der Waals surface area contributed by atoms with Crippen molar-refractivity contribution >= 4 is 23.6 Å². The molecular weight excluding hydrogens is 1060 g/mol. The monoisotopic (exact) mass is 1140 g/mol. The lowest BCUT2D eigenvalue weighted by Crippen LogP contribution is -2.72. The van der Waals surface area contributed by atoms with E-state index in [1.807, 2.05) is 0 Å². The zero-order valence-corrected chi connectivity index (χ0v) is 42.8. The molecule has 30 atom stereocenters. The van der Waals surface area contributed by atoms with E-state index in [1.54, 1.807) is 0 Å². The fourth-order valence-electron chi connectivity index (χ4n) is 10.0. The molecule has 0 aromatic carbocycles. The number of ether oxygens (including phenoxy) is 11. The zero-order valence-electron chi connectivity index (χ0n) is 42.8. The molecule has 78 heavy (non-hydrogen) atoms. The summed E-state index contributed by atoms with van der Waals surface area (Å²) in [7, 11) is 0. The van der Waals surface area contributed by atoms with Crippen LogP contribution in [0.1, 0.15) is 34.6 Å². The number of amides is 4. The Morgan fingerprint density at radius 1 is 0.397 bits per heavy atom. The van der Waals surface area contributed by atoms with Crippen molar-refractivity contribution in [2.45, 2.75) is 219 Å². The molecule has 0 bridgehead atoms. The number of rotatable bonds is 19. The number of aliphatic hydroxyl groups is 14. The SMILES string of the molecule is CC(=O)NC1C(O)OC(COC2OC(C)C(O)C(O)C2O)C(OC2OC(CO)C(OC3OC(CO)C(OC4OC(CO)C(OC5OC(CO)C(O)C(O)C5N)C(O)C4NC(C)=O)C(O)C3NC(C)=O)C(O)C2NC(C)=O)C1O. The molecule has 6 aliphatic rings. The van der Waals surface area contributed by atoms with Gasteiger partial charge in [-0.3, -0.25) is 19.2 Å². The number of hydrogen-bond acceptors (Lipinski definition) is 30. The molecular formula is C44H75N5O29. The van der Waals surface area contributed by atoms with Crippen LogP contribution >= 0.6 is 0 Å². The van der Waals surface area contributed by atoms with Crippen LogP contribution in [0.2, 0.25) is 0 Å². The Hall–Kier alpha value is -3.16. The molecule has 30 unspecified atom stereocenters. The van der Waals surface area contributed by atoms with Gasteiger partial charge >= 0.3 is 0 Å². The number of aliphatic hydroxyl groups excluding tert-OH is 14. The van der Waals surface area contributed by atoms with Crippen molar-refractivity contribution in [3.05, 3.63) is 0 Å². The Bertz CT molecular complexity index is 1970. The maximum Gasteiger partial charge on any atom is 0.217 e. The highest BCUT2D eigenvalue weighted by molar-refractivity contribution is 5.74. The number of nitrogens with one attached hydrogen (secondary N) is 4. The first-order chi connectivity index (χ1) is 36.8. The first-order valence-electron chi connectivity index (χ1n) is 25.0. The number of carbonyl (C=O) groups excluding carboxylic acids is 4. The summed E-state index contributed by atoms with van der Waals surface area (Å²) in [5.74, 6) is -3.17. The molecule has 6 rings (SSSR count). The van der Waals surface area contributed by atoms with Crippen molar-refractivity contribution in [3.63, 3.8) is 0 Å². The maximum atomic E-state index is 12.8.